The van der Waals surface area contributed by atoms with Crippen LogP contribution in [-0.4, -0.2) is 95.6 Å². The molecule has 0 saturated carbocycles. The Hall–Kier alpha value is -4.24. The van der Waals surface area contributed by atoms with E-state index in [4.69, 9.17) is 33.5 Å². The topological polar surface area (TPSA) is 221 Å². The van der Waals surface area contributed by atoms with Gasteiger partial charge in [0.15, 0.2) is 42.7 Å². The van der Waals surface area contributed by atoms with Crippen LogP contribution >= 0.6 is 0 Å². The Bertz CT molecular complexity index is 1220. The van der Waals surface area contributed by atoms with Crippen LogP contribution in [0.25, 0.3) is 0 Å². The van der Waals surface area contributed by atoms with Crippen LogP contribution in [0.15, 0.2) is 0 Å². The maximum absolute atomic E-state index is 12.5. The number of esters is 7. The van der Waals surface area contributed by atoms with Gasteiger partial charge in [0.25, 0.3) is 0 Å². The van der Waals surface area contributed by atoms with E-state index in [2.05, 4.69) is 11.7 Å². The summed E-state index contributed by atoms with van der Waals surface area (Å²) in [4.78, 5) is 96.8. The van der Waals surface area contributed by atoms with E-state index in [-0.39, 0.29) is 6.42 Å². The van der Waals surface area contributed by atoms with Crippen molar-refractivity contribution < 1.29 is 76.6 Å². The number of hydrogen-bond acceptors (Lipinski definition) is 15. The average molecular weight is 789 g/mol. The summed E-state index contributed by atoms with van der Waals surface area (Å²) in [5, 5.41) is 8.81. The molecule has 0 aromatic carbocycles. The van der Waals surface area contributed by atoms with Gasteiger partial charge in [-0.05, 0) is 54.9 Å². The van der Waals surface area contributed by atoms with Crippen molar-refractivity contribution in [1.29, 1.82) is 0 Å². The van der Waals surface area contributed by atoms with Crippen molar-refractivity contribution in [3.05, 3.63) is 0 Å². The Morgan fingerprint density at radius 3 is 0.818 bits per heavy atom. The molecule has 0 aliphatic carbocycles. The average Bonchev–Trinajstić information content (AvgIpc) is 3.12. The largest absolute Gasteiger partial charge is 0.479 e. The zero-order valence-electron chi connectivity index (χ0n) is 33.9. The van der Waals surface area contributed by atoms with Gasteiger partial charge in [-0.3, -0.25) is 4.79 Å². The molecular formula is C39H64O16. The minimum atomic E-state index is -1.58. The van der Waals surface area contributed by atoms with Gasteiger partial charge in [0, 0.05) is 6.42 Å². The summed E-state index contributed by atoms with van der Waals surface area (Å²) in [6, 6.07) is 0. The van der Waals surface area contributed by atoms with E-state index in [9.17, 15) is 38.4 Å². The van der Waals surface area contributed by atoms with Crippen molar-refractivity contribution >= 4 is 47.8 Å². The number of aliphatic carboxylic acids is 1. The van der Waals surface area contributed by atoms with Gasteiger partial charge >= 0.3 is 47.8 Å². The molecule has 16 nitrogen and oxygen atoms in total. The quantitative estimate of drug-likeness (QED) is 0.0512. The van der Waals surface area contributed by atoms with E-state index in [0.717, 1.165) is 53.9 Å². The van der Waals surface area contributed by atoms with Crippen molar-refractivity contribution in [2.75, 3.05) is 0 Å². The third-order valence-electron chi connectivity index (χ3n) is 8.39. The molecule has 316 valence electrons. The molecule has 0 aromatic heterocycles. The van der Waals surface area contributed by atoms with Gasteiger partial charge in [-0.1, -0.05) is 96.8 Å². The maximum atomic E-state index is 12.5. The summed E-state index contributed by atoms with van der Waals surface area (Å²) in [6.07, 6.45) is 7.59. The minimum absolute atomic E-state index is 0.146. The molecule has 1 N–H and O–H groups in total. The predicted octanol–water partition coefficient (Wildman–Crippen LogP) is 5.85. The van der Waals surface area contributed by atoms with Crippen LogP contribution in [0, 0.1) is 0 Å². The van der Waals surface area contributed by atoms with Crippen LogP contribution < -0.4 is 0 Å². The lowest BCUT2D eigenvalue weighted by Crippen LogP contribution is -2.39. The van der Waals surface area contributed by atoms with Gasteiger partial charge in [0.05, 0.1) is 0 Å². The molecule has 0 heterocycles. The van der Waals surface area contributed by atoms with Crippen LogP contribution in [0.4, 0.5) is 0 Å². The van der Waals surface area contributed by atoms with Crippen LogP contribution in [-0.2, 0) is 71.5 Å². The van der Waals surface area contributed by atoms with Crippen molar-refractivity contribution in [2.24, 2.45) is 0 Å². The van der Waals surface area contributed by atoms with Gasteiger partial charge in [-0.15, -0.1) is 0 Å². The number of ether oxygens (including phenoxy) is 7. The molecule has 0 aromatic rings. The van der Waals surface area contributed by atoms with Crippen molar-refractivity contribution in [1.82, 2.24) is 0 Å². The first kappa shape index (κ1) is 50.8. The third-order valence-corrected chi connectivity index (χ3v) is 8.39. The molecule has 0 spiro atoms. The molecular weight excluding hydrogens is 724 g/mol. The summed E-state index contributed by atoms with van der Waals surface area (Å²) in [5.74, 6) is -8.75. The van der Waals surface area contributed by atoms with E-state index in [1.807, 2.05) is 0 Å². The number of carbonyl (C=O) groups is 8. The van der Waals surface area contributed by atoms with E-state index in [1.165, 1.54) is 84.5 Å². The molecule has 7 atom stereocenters. The van der Waals surface area contributed by atoms with Gasteiger partial charge in [-0.2, -0.15) is 0 Å². The lowest BCUT2D eigenvalue weighted by atomic mass is 10.0. The van der Waals surface area contributed by atoms with Crippen molar-refractivity contribution in [2.45, 2.75) is 201 Å². The smallest absolute Gasteiger partial charge is 0.347 e. The normalized spacial score (nSPS) is 14.8. The number of unbranched alkanes of at least 4 members (excludes halogenated alkanes) is 14. The molecule has 0 fully saturated rings. The maximum Gasteiger partial charge on any atom is 0.347 e. The fraction of sp³-hybridized carbons (Fsp3) is 0.795. The molecule has 0 aliphatic heterocycles. The Morgan fingerprint density at radius 2 is 0.564 bits per heavy atom. The van der Waals surface area contributed by atoms with Crippen molar-refractivity contribution in [3.63, 3.8) is 0 Å². The van der Waals surface area contributed by atoms with Crippen LogP contribution in [0.1, 0.15) is 158 Å². The molecule has 0 aliphatic rings. The predicted molar refractivity (Wildman–Crippen MR) is 196 cm³/mol. The molecule has 0 rings (SSSR count). The summed E-state index contributed by atoms with van der Waals surface area (Å²) in [6.45, 7) is 10.3. The monoisotopic (exact) mass is 788 g/mol. The second-order valence-corrected chi connectivity index (χ2v) is 13.6. The highest BCUT2D eigenvalue weighted by Gasteiger charge is 2.32. The van der Waals surface area contributed by atoms with Gasteiger partial charge in [0.1, 0.15) is 0 Å². The first-order valence-electron chi connectivity index (χ1n) is 19.6. The molecule has 0 unspecified atom stereocenters. The summed E-state index contributed by atoms with van der Waals surface area (Å²) in [5.41, 5.74) is 0. The number of carbonyl (C=O) groups excluding carboxylic acids is 7. The van der Waals surface area contributed by atoms with E-state index < -0.39 is 90.5 Å². The fourth-order valence-electron chi connectivity index (χ4n) is 4.86. The number of carboxylic acid groups (broad SMARTS) is 1. The van der Waals surface area contributed by atoms with Gasteiger partial charge in [0.2, 0.25) is 0 Å². The molecule has 0 saturated heterocycles. The highest BCUT2D eigenvalue weighted by Crippen LogP contribution is 2.15. The summed E-state index contributed by atoms with van der Waals surface area (Å²) >= 11 is 0. The summed E-state index contributed by atoms with van der Waals surface area (Å²) < 4.78 is 34.4. The lowest BCUT2D eigenvalue weighted by molar-refractivity contribution is -0.188. The second-order valence-electron chi connectivity index (χ2n) is 13.6. The second kappa shape index (κ2) is 29.1. The number of carboxylic acids is 1. The highest BCUT2D eigenvalue weighted by molar-refractivity contribution is 5.87. The fourth-order valence-corrected chi connectivity index (χ4v) is 4.86. The van der Waals surface area contributed by atoms with Gasteiger partial charge < -0.3 is 38.3 Å². The minimum Gasteiger partial charge on any atom is -0.479 e. The first-order valence-corrected chi connectivity index (χ1v) is 19.6. The number of hydrogen-bond donors (Lipinski definition) is 1. The number of rotatable bonds is 30. The Balaban J connectivity index is 4.36. The first-order chi connectivity index (χ1) is 25.9. The SMILES string of the molecule is CCCCCCCCCCCCCCCCCC(=O)O[C@@H](C)C(=O)O[C@@H](C)C(=O)O[C@@H](C)C(=O)O[C@@H](C)C(=O)O[C@@H](C)C(=O)O[C@@H](C)C(=O)O[C@@H](C)C(=O)O. The molecule has 0 amide bonds. The Morgan fingerprint density at radius 1 is 0.345 bits per heavy atom. The van der Waals surface area contributed by atoms with Crippen LogP contribution in [0.5, 0.6) is 0 Å². The highest BCUT2D eigenvalue weighted by atomic mass is 16.7. The molecule has 0 bridgehead atoms. The zero-order valence-corrected chi connectivity index (χ0v) is 33.9. The van der Waals surface area contributed by atoms with E-state index in [0.29, 0.717) is 6.42 Å². The third kappa shape index (κ3) is 24.0. The molecule has 55 heavy (non-hydrogen) atoms. The van der Waals surface area contributed by atoms with Gasteiger partial charge in [-0.25, -0.2) is 33.6 Å². The Kier molecular flexibility index (Phi) is 26.9. The lowest BCUT2D eigenvalue weighted by Gasteiger charge is -2.21. The van der Waals surface area contributed by atoms with E-state index in [1.54, 1.807) is 0 Å². The van der Waals surface area contributed by atoms with Crippen LogP contribution in [0.3, 0.4) is 0 Å². The van der Waals surface area contributed by atoms with Crippen molar-refractivity contribution in [3.8, 4) is 0 Å². The van der Waals surface area contributed by atoms with E-state index >= 15 is 0 Å². The molecule has 16 heteroatoms. The summed E-state index contributed by atoms with van der Waals surface area (Å²) in [7, 11) is 0. The zero-order chi connectivity index (χ0) is 41.9. The Labute approximate surface area is 324 Å². The standard InChI is InChI=1S/C39H64O16/c1-9-10-11-12-13-14-15-16-17-18-19-20-21-22-23-24-32(40)49-26(3)34(43)51-28(5)36(45)53-30(7)38(47)55-31(8)39(48)54-29(6)37(46)52-27(4)35(44)50-25(2)33(41)42/h25-31H,9-24H2,1-8H3,(H,41,42)/t25-,26-,27-,28-,29-,30-,31-/m0/s1. The molecule has 0 radical (unpaired) electrons. The van der Waals surface area contributed by atoms with Crippen LogP contribution in [0.2, 0.25) is 0 Å².